The van der Waals surface area contributed by atoms with E-state index >= 15 is 0 Å². The fraction of sp³-hybridized carbons (Fsp3) is 0.0833. The molecule has 88 valence electrons. The lowest BCUT2D eigenvalue weighted by Gasteiger charge is -2.08. The van der Waals surface area contributed by atoms with Crippen LogP contribution < -0.4 is 5.01 Å². The van der Waals surface area contributed by atoms with Crippen molar-refractivity contribution in [2.24, 2.45) is 5.10 Å². The number of hydrogen-bond acceptors (Lipinski definition) is 5. The minimum atomic E-state index is -0.116. The Balaban J connectivity index is 1.95. The summed E-state index contributed by atoms with van der Waals surface area (Å²) in [6, 6.07) is 3.69. The quantitative estimate of drug-likeness (QED) is 0.784. The van der Waals surface area contributed by atoms with E-state index in [-0.39, 0.29) is 12.3 Å². The van der Waals surface area contributed by atoms with Gasteiger partial charge in [0.1, 0.15) is 0 Å². The number of nitrogens with zero attached hydrogens (tertiary/aromatic N) is 5. The third-order valence-electron chi connectivity index (χ3n) is 2.54. The molecule has 1 aliphatic rings. The first-order valence-electron chi connectivity index (χ1n) is 5.41. The number of hydrazone groups is 1. The van der Waals surface area contributed by atoms with Crippen LogP contribution in [0.3, 0.4) is 0 Å². The third-order valence-corrected chi connectivity index (χ3v) is 2.54. The zero-order chi connectivity index (χ0) is 12.4. The van der Waals surface area contributed by atoms with Crippen molar-refractivity contribution in [3.05, 3.63) is 48.7 Å². The van der Waals surface area contributed by atoms with Gasteiger partial charge in [0.05, 0.1) is 18.3 Å². The normalized spacial score (nSPS) is 14.8. The highest BCUT2D eigenvalue weighted by molar-refractivity contribution is 6.18. The lowest BCUT2D eigenvalue weighted by Crippen LogP contribution is -2.20. The SMILES string of the molecule is O=C1CC(c2cccnc2)=NN1c1cnccn1. The van der Waals surface area contributed by atoms with E-state index in [4.69, 9.17) is 0 Å². The van der Waals surface area contributed by atoms with Gasteiger partial charge in [-0.3, -0.25) is 14.8 Å². The van der Waals surface area contributed by atoms with Gasteiger partial charge >= 0.3 is 0 Å². The minimum Gasteiger partial charge on any atom is -0.272 e. The highest BCUT2D eigenvalue weighted by Crippen LogP contribution is 2.19. The van der Waals surface area contributed by atoms with Gasteiger partial charge in [-0.15, -0.1) is 0 Å². The fourth-order valence-electron chi connectivity index (χ4n) is 1.70. The van der Waals surface area contributed by atoms with Crippen molar-refractivity contribution in [3.8, 4) is 0 Å². The van der Waals surface area contributed by atoms with Crippen LogP contribution in [0.2, 0.25) is 0 Å². The predicted octanol–water partition coefficient (Wildman–Crippen LogP) is 1.01. The van der Waals surface area contributed by atoms with E-state index in [0.717, 1.165) is 5.56 Å². The molecule has 0 fully saturated rings. The standard InChI is InChI=1S/C12H9N5O/c18-12-6-10(9-2-1-3-13-7-9)16-17(12)11-8-14-4-5-15-11/h1-5,7-8H,6H2. The zero-order valence-corrected chi connectivity index (χ0v) is 9.39. The number of rotatable bonds is 2. The molecular formula is C12H9N5O. The van der Waals surface area contributed by atoms with Crippen LogP contribution in [0.25, 0.3) is 0 Å². The van der Waals surface area contributed by atoms with E-state index in [2.05, 4.69) is 20.1 Å². The van der Waals surface area contributed by atoms with E-state index in [9.17, 15) is 4.79 Å². The molecule has 0 N–H and O–H groups in total. The first-order valence-corrected chi connectivity index (χ1v) is 5.41. The molecule has 2 aromatic heterocycles. The summed E-state index contributed by atoms with van der Waals surface area (Å²) in [5.74, 6) is 0.316. The van der Waals surface area contributed by atoms with Crippen molar-refractivity contribution in [1.29, 1.82) is 0 Å². The van der Waals surface area contributed by atoms with Crippen LogP contribution in [0, 0.1) is 0 Å². The first-order chi connectivity index (χ1) is 8.84. The molecule has 0 saturated carbocycles. The Labute approximate surface area is 103 Å². The second-order valence-corrected chi connectivity index (χ2v) is 3.73. The molecule has 2 aromatic rings. The van der Waals surface area contributed by atoms with Gasteiger partial charge in [-0.2, -0.15) is 10.1 Å². The molecule has 0 atom stereocenters. The summed E-state index contributed by atoms with van der Waals surface area (Å²) in [7, 11) is 0. The largest absolute Gasteiger partial charge is 0.272 e. The molecule has 0 unspecified atom stereocenters. The minimum absolute atomic E-state index is 0.116. The number of aromatic nitrogens is 3. The molecule has 1 amide bonds. The van der Waals surface area contributed by atoms with Crippen molar-refractivity contribution in [1.82, 2.24) is 15.0 Å². The maximum absolute atomic E-state index is 11.9. The van der Waals surface area contributed by atoms with E-state index in [1.165, 1.54) is 17.4 Å². The lowest BCUT2D eigenvalue weighted by molar-refractivity contribution is -0.116. The molecule has 0 bridgehead atoms. The molecule has 18 heavy (non-hydrogen) atoms. The predicted molar refractivity (Wildman–Crippen MR) is 64.9 cm³/mol. The molecule has 3 rings (SSSR count). The summed E-state index contributed by atoms with van der Waals surface area (Å²) < 4.78 is 0. The fourth-order valence-corrected chi connectivity index (χ4v) is 1.70. The molecule has 0 aliphatic carbocycles. The Morgan fingerprint density at radius 1 is 1.11 bits per heavy atom. The molecule has 0 spiro atoms. The first kappa shape index (κ1) is 10.5. The Hall–Kier alpha value is -2.63. The summed E-state index contributed by atoms with van der Waals surface area (Å²) in [6.45, 7) is 0. The Morgan fingerprint density at radius 3 is 2.72 bits per heavy atom. The van der Waals surface area contributed by atoms with Crippen LogP contribution in [0.1, 0.15) is 12.0 Å². The van der Waals surface area contributed by atoms with Crippen LogP contribution in [-0.2, 0) is 4.79 Å². The maximum Gasteiger partial charge on any atom is 0.254 e. The molecule has 6 heteroatoms. The van der Waals surface area contributed by atoms with Gasteiger partial charge in [-0.05, 0) is 12.1 Å². The molecule has 0 radical (unpaired) electrons. The highest BCUT2D eigenvalue weighted by atomic mass is 16.2. The maximum atomic E-state index is 11.9. The van der Waals surface area contributed by atoms with Crippen LogP contribution in [0.5, 0.6) is 0 Å². The average molecular weight is 239 g/mol. The summed E-state index contributed by atoms with van der Waals surface area (Å²) in [6.07, 6.45) is 8.21. The van der Waals surface area contributed by atoms with Gasteiger partial charge in [0.25, 0.3) is 5.91 Å². The van der Waals surface area contributed by atoms with Gasteiger partial charge < -0.3 is 0 Å². The van der Waals surface area contributed by atoms with Crippen LogP contribution in [0.4, 0.5) is 5.82 Å². The summed E-state index contributed by atoms with van der Waals surface area (Å²) in [5, 5.41) is 5.54. The van der Waals surface area contributed by atoms with Crippen LogP contribution in [-0.4, -0.2) is 26.6 Å². The monoisotopic (exact) mass is 239 g/mol. The number of carbonyl (C=O) groups is 1. The Bertz CT molecular complexity index is 596. The van der Waals surface area contributed by atoms with Gasteiger partial charge in [0.2, 0.25) is 0 Å². The van der Waals surface area contributed by atoms with Crippen molar-refractivity contribution >= 4 is 17.4 Å². The van der Waals surface area contributed by atoms with E-state index in [1.807, 2.05) is 12.1 Å². The lowest BCUT2D eigenvalue weighted by atomic mass is 10.1. The molecule has 0 saturated heterocycles. The van der Waals surface area contributed by atoms with Gasteiger partial charge in [0.15, 0.2) is 5.82 Å². The molecule has 3 heterocycles. The van der Waals surface area contributed by atoms with Crippen molar-refractivity contribution in [2.45, 2.75) is 6.42 Å². The summed E-state index contributed by atoms with van der Waals surface area (Å²) >= 11 is 0. The van der Waals surface area contributed by atoms with E-state index < -0.39 is 0 Å². The Kier molecular flexibility index (Phi) is 2.53. The number of amides is 1. The number of carbonyl (C=O) groups excluding carboxylic acids is 1. The second-order valence-electron chi connectivity index (χ2n) is 3.73. The average Bonchev–Trinajstić information content (AvgIpc) is 2.83. The number of pyridine rings is 1. The van der Waals surface area contributed by atoms with Crippen molar-refractivity contribution in [2.75, 3.05) is 5.01 Å². The van der Waals surface area contributed by atoms with Gasteiger partial charge in [0, 0.05) is 30.4 Å². The van der Waals surface area contributed by atoms with E-state index in [0.29, 0.717) is 11.5 Å². The van der Waals surface area contributed by atoms with Crippen LogP contribution >= 0.6 is 0 Å². The van der Waals surface area contributed by atoms with Crippen LogP contribution in [0.15, 0.2) is 48.2 Å². The number of hydrogen-bond donors (Lipinski definition) is 0. The zero-order valence-electron chi connectivity index (χ0n) is 9.39. The number of anilines is 1. The van der Waals surface area contributed by atoms with E-state index in [1.54, 1.807) is 18.6 Å². The smallest absolute Gasteiger partial charge is 0.254 e. The van der Waals surface area contributed by atoms with Crippen molar-refractivity contribution in [3.63, 3.8) is 0 Å². The Morgan fingerprint density at radius 2 is 2.00 bits per heavy atom. The molecule has 1 aliphatic heterocycles. The summed E-state index contributed by atoms with van der Waals surface area (Å²) in [5.41, 5.74) is 1.54. The van der Waals surface area contributed by atoms with Gasteiger partial charge in [-0.1, -0.05) is 0 Å². The summed E-state index contributed by atoms with van der Waals surface area (Å²) in [4.78, 5) is 23.9. The highest BCUT2D eigenvalue weighted by Gasteiger charge is 2.26. The molecule has 6 nitrogen and oxygen atoms in total. The molecule has 0 aromatic carbocycles. The molecular weight excluding hydrogens is 230 g/mol. The topological polar surface area (TPSA) is 71.3 Å². The third kappa shape index (κ3) is 1.84. The van der Waals surface area contributed by atoms with Crippen molar-refractivity contribution < 1.29 is 4.79 Å². The second kappa shape index (κ2) is 4.33. The van der Waals surface area contributed by atoms with Gasteiger partial charge in [-0.25, -0.2) is 4.98 Å².